The summed E-state index contributed by atoms with van der Waals surface area (Å²) in [5.41, 5.74) is 0.278. The third-order valence-corrected chi connectivity index (χ3v) is 7.70. The summed E-state index contributed by atoms with van der Waals surface area (Å²) in [5.74, 6) is 0.249. The van der Waals surface area contributed by atoms with E-state index in [4.69, 9.17) is 9.47 Å². The summed E-state index contributed by atoms with van der Waals surface area (Å²) < 4.78 is 38.1. The minimum absolute atomic E-state index is 0.0677. The van der Waals surface area contributed by atoms with Crippen molar-refractivity contribution in [2.45, 2.75) is 63.4 Å². The third-order valence-electron chi connectivity index (χ3n) is 5.69. The molecule has 1 N–H and O–H groups in total. The Balaban J connectivity index is 1.88. The van der Waals surface area contributed by atoms with E-state index in [1.807, 2.05) is 13.0 Å². The SMILES string of the molecule is COc1ncc(C2CC2)c2c(S(=O)(=O)CC(C)CN(CCCO)C(=O)OC(C)(C)C)cccc12. The zero-order valence-electron chi connectivity index (χ0n) is 20.7. The minimum Gasteiger partial charge on any atom is -0.481 e. The molecule has 0 spiro atoms. The molecule has 1 fully saturated rings. The first-order chi connectivity index (χ1) is 16.0. The molecule has 1 atom stereocenters. The van der Waals surface area contributed by atoms with Gasteiger partial charge in [0.2, 0.25) is 5.88 Å². The Morgan fingerprint density at radius 1 is 1.29 bits per heavy atom. The number of carbonyl (C=O) groups excluding carboxylic acids is 1. The van der Waals surface area contributed by atoms with Crippen LogP contribution in [0.4, 0.5) is 4.79 Å². The molecular formula is C25H36N2O6S. The van der Waals surface area contributed by atoms with Crippen molar-refractivity contribution in [3.63, 3.8) is 0 Å². The highest BCUT2D eigenvalue weighted by Crippen LogP contribution is 2.45. The molecule has 1 saturated carbocycles. The van der Waals surface area contributed by atoms with Crippen LogP contribution in [0.25, 0.3) is 10.8 Å². The van der Waals surface area contributed by atoms with Crippen molar-refractivity contribution in [3.8, 4) is 5.88 Å². The molecule has 2 aromatic rings. The molecule has 3 rings (SSSR count). The Morgan fingerprint density at radius 3 is 2.59 bits per heavy atom. The van der Waals surface area contributed by atoms with Gasteiger partial charge in [-0.1, -0.05) is 13.0 Å². The van der Waals surface area contributed by atoms with Crippen LogP contribution in [0.3, 0.4) is 0 Å². The van der Waals surface area contributed by atoms with Crippen LogP contribution >= 0.6 is 0 Å². The first kappa shape index (κ1) is 26.2. The van der Waals surface area contributed by atoms with E-state index < -0.39 is 21.5 Å². The van der Waals surface area contributed by atoms with Crippen LogP contribution in [0.5, 0.6) is 5.88 Å². The summed E-state index contributed by atoms with van der Waals surface area (Å²) in [5, 5.41) is 10.6. The molecule has 0 radical (unpaired) electrons. The van der Waals surface area contributed by atoms with Crippen molar-refractivity contribution in [3.05, 3.63) is 30.0 Å². The molecule has 34 heavy (non-hydrogen) atoms. The number of aromatic nitrogens is 1. The predicted octanol–water partition coefficient (Wildman–Crippen LogP) is 4.15. The van der Waals surface area contributed by atoms with E-state index in [-0.39, 0.29) is 29.7 Å². The molecule has 1 amide bonds. The van der Waals surface area contributed by atoms with Crippen LogP contribution in [0.2, 0.25) is 0 Å². The lowest BCUT2D eigenvalue weighted by atomic mass is 10.0. The van der Waals surface area contributed by atoms with Gasteiger partial charge >= 0.3 is 6.09 Å². The highest BCUT2D eigenvalue weighted by atomic mass is 32.2. The highest BCUT2D eigenvalue weighted by Gasteiger charge is 2.31. The number of hydrogen-bond acceptors (Lipinski definition) is 7. The Morgan fingerprint density at radius 2 is 2.00 bits per heavy atom. The average molecular weight is 493 g/mol. The molecule has 188 valence electrons. The van der Waals surface area contributed by atoms with Gasteiger partial charge in [-0.25, -0.2) is 18.2 Å². The minimum atomic E-state index is -3.68. The summed E-state index contributed by atoms with van der Waals surface area (Å²) in [6.07, 6.45) is 3.65. The van der Waals surface area contributed by atoms with Crippen LogP contribution in [0.1, 0.15) is 58.4 Å². The molecule has 1 aromatic heterocycles. The second-order valence-corrected chi connectivity index (χ2v) is 12.1. The number of hydrogen-bond donors (Lipinski definition) is 1. The zero-order chi connectivity index (χ0) is 25.1. The van der Waals surface area contributed by atoms with Crippen LogP contribution in [-0.2, 0) is 14.6 Å². The number of aliphatic hydroxyl groups excluding tert-OH is 1. The second-order valence-electron chi connectivity index (χ2n) is 10.1. The van der Waals surface area contributed by atoms with Crippen molar-refractivity contribution >= 4 is 26.7 Å². The maximum atomic E-state index is 13.6. The van der Waals surface area contributed by atoms with E-state index in [9.17, 15) is 18.3 Å². The zero-order valence-corrected chi connectivity index (χ0v) is 21.5. The van der Waals surface area contributed by atoms with Gasteiger partial charge in [-0.05, 0) is 69.6 Å². The number of nitrogens with zero attached hydrogens (tertiary/aromatic N) is 2. The fraction of sp³-hybridized carbons (Fsp3) is 0.600. The maximum absolute atomic E-state index is 13.6. The highest BCUT2D eigenvalue weighted by molar-refractivity contribution is 7.91. The molecular weight excluding hydrogens is 456 g/mol. The number of pyridine rings is 1. The quantitative estimate of drug-likeness (QED) is 0.531. The maximum Gasteiger partial charge on any atom is 0.410 e. The summed E-state index contributed by atoms with van der Waals surface area (Å²) in [6.45, 7) is 7.58. The van der Waals surface area contributed by atoms with E-state index in [1.165, 1.54) is 12.0 Å². The van der Waals surface area contributed by atoms with E-state index in [0.29, 0.717) is 35.5 Å². The second kappa shape index (κ2) is 10.5. The first-order valence-electron chi connectivity index (χ1n) is 11.7. The van der Waals surface area contributed by atoms with Crippen LogP contribution in [-0.4, -0.2) is 67.7 Å². The Hall–Kier alpha value is -2.39. The standard InChI is InChI=1S/C25H36N2O6S/c1-17(15-27(12-7-13-28)24(29)33-25(2,3)4)16-34(30,31)21-9-6-8-19-22(21)20(18-10-11-18)14-26-23(19)32-5/h6,8-9,14,17-18,28H,7,10-13,15-16H2,1-5H3. The van der Waals surface area contributed by atoms with Gasteiger partial charge < -0.3 is 19.5 Å². The van der Waals surface area contributed by atoms with Gasteiger partial charge in [-0.3, -0.25) is 0 Å². The smallest absolute Gasteiger partial charge is 0.410 e. The number of rotatable bonds is 10. The Bertz CT molecular complexity index is 1120. The van der Waals surface area contributed by atoms with E-state index >= 15 is 0 Å². The molecule has 1 heterocycles. The number of amides is 1. The molecule has 0 bridgehead atoms. The van der Waals surface area contributed by atoms with E-state index in [1.54, 1.807) is 39.1 Å². The van der Waals surface area contributed by atoms with Gasteiger partial charge in [0.05, 0.1) is 17.8 Å². The molecule has 1 aromatic carbocycles. The van der Waals surface area contributed by atoms with Gasteiger partial charge in [0.15, 0.2) is 9.84 Å². The van der Waals surface area contributed by atoms with Crippen molar-refractivity contribution in [2.75, 3.05) is 32.6 Å². The summed E-state index contributed by atoms with van der Waals surface area (Å²) >= 11 is 0. The van der Waals surface area contributed by atoms with Gasteiger partial charge in [-0.2, -0.15) is 0 Å². The van der Waals surface area contributed by atoms with Crippen LogP contribution in [0.15, 0.2) is 29.3 Å². The normalized spacial score (nSPS) is 15.2. The third kappa shape index (κ3) is 6.39. The summed E-state index contributed by atoms with van der Waals surface area (Å²) in [4.78, 5) is 18.8. The molecule has 1 aliphatic rings. The average Bonchev–Trinajstić information content (AvgIpc) is 3.59. The summed E-state index contributed by atoms with van der Waals surface area (Å²) in [6, 6.07) is 5.21. The lowest BCUT2D eigenvalue weighted by Gasteiger charge is -2.29. The molecule has 0 aliphatic heterocycles. The van der Waals surface area contributed by atoms with Crippen molar-refractivity contribution in [1.82, 2.24) is 9.88 Å². The molecule has 9 heteroatoms. The number of aliphatic hydroxyl groups is 1. The largest absolute Gasteiger partial charge is 0.481 e. The fourth-order valence-electron chi connectivity index (χ4n) is 4.13. The Labute approximate surface area is 202 Å². The lowest BCUT2D eigenvalue weighted by molar-refractivity contribution is 0.0219. The summed E-state index contributed by atoms with van der Waals surface area (Å²) in [7, 11) is -2.15. The monoisotopic (exact) mass is 492 g/mol. The Kier molecular flexibility index (Phi) is 8.08. The van der Waals surface area contributed by atoms with Gasteiger partial charge in [-0.15, -0.1) is 0 Å². The molecule has 8 nitrogen and oxygen atoms in total. The number of methoxy groups -OCH3 is 1. The van der Waals surface area contributed by atoms with Crippen molar-refractivity contribution in [2.24, 2.45) is 5.92 Å². The van der Waals surface area contributed by atoms with E-state index in [0.717, 1.165) is 18.4 Å². The number of benzene rings is 1. The molecule has 1 unspecified atom stereocenters. The van der Waals surface area contributed by atoms with Crippen LogP contribution in [0, 0.1) is 5.92 Å². The van der Waals surface area contributed by atoms with Crippen molar-refractivity contribution < 1.29 is 27.8 Å². The molecule has 1 aliphatic carbocycles. The first-order valence-corrected chi connectivity index (χ1v) is 13.4. The fourth-order valence-corrected chi connectivity index (χ4v) is 5.99. The van der Waals surface area contributed by atoms with E-state index in [2.05, 4.69) is 4.98 Å². The number of ether oxygens (including phenoxy) is 2. The van der Waals surface area contributed by atoms with Gasteiger partial charge in [0.1, 0.15) is 5.60 Å². The topological polar surface area (TPSA) is 106 Å². The number of carbonyl (C=O) groups is 1. The molecule has 0 saturated heterocycles. The van der Waals surface area contributed by atoms with Crippen LogP contribution < -0.4 is 4.74 Å². The number of fused-ring (bicyclic) bond motifs is 1. The van der Waals surface area contributed by atoms with Crippen molar-refractivity contribution in [1.29, 1.82) is 0 Å². The number of sulfone groups is 1. The predicted molar refractivity (Wildman–Crippen MR) is 131 cm³/mol. The van der Waals surface area contributed by atoms with Gasteiger partial charge in [0, 0.05) is 36.7 Å². The van der Waals surface area contributed by atoms with Gasteiger partial charge in [0.25, 0.3) is 0 Å². The lowest BCUT2D eigenvalue weighted by Crippen LogP contribution is -2.41.